The molecule has 2 aromatic rings. The fourth-order valence-electron chi connectivity index (χ4n) is 1.69. The van der Waals surface area contributed by atoms with E-state index in [4.69, 9.17) is 0 Å². The molecule has 0 spiro atoms. The van der Waals surface area contributed by atoms with Gasteiger partial charge in [-0.25, -0.2) is 0 Å². The highest BCUT2D eigenvalue weighted by molar-refractivity contribution is 7.07. The molecule has 2 rings (SSSR count). The minimum absolute atomic E-state index is 0.0573. The number of pyridine rings is 1. The molecular weight excluding hydrogens is 260 g/mol. The van der Waals surface area contributed by atoms with Crippen molar-refractivity contribution in [2.24, 2.45) is 0 Å². The summed E-state index contributed by atoms with van der Waals surface area (Å²) < 4.78 is 0. The maximum Gasteiger partial charge on any atom is 0.220 e. The Labute approximate surface area is 116 Å². The maximum atomic E-state index is 11.7. The SMILES string of the molecule is O=C(CCc1cccnc1)NCC(O)c1ccsc1. The molecule has 0 saturated carbocycles. The average Bonchev–Trinajstić information content (AvgIpc) is 2.98. The van der Waals surface area contributed by atoms with Crippen molar-refractivity contribution in [2.75, 3.05) is 6.54 Å². The summed E-state index contributed by atoms with van der Waals surface area (Å²) in [5.74, 6) is -0.0573. The highest BCUT2D eigenvalue weighted by Gasteiger charge is 2.09. The van der Waals surface area contributed by atoms with Crippen LogP contribution in [0.15, 0.2) is 41.4 Å². The van der Waals surface area contributed by atoms with Gasteiger partial charge in [-0.15, -0.1) is 0 Å². The van der Waals surface area contributed by atoms with Gasteiger partial charge in [0.15, 0.2) is 0 Å². The van der Waals surface area contributed by atoms with Crippen molar-refractivity contribution in [3.63, 3.8) is 0 Å². The van der Waals surface area contributed by atoms with E-state index in [9.17, 15) is 9.90 Å². The van der Waals surface area contributed by atoms with E-state index in [2.05, 4.69) is 10.3 Å². The fraction of sp³-hybridized carbons (Fsp3) is 0.286. The van der Waals surface area contributed by atoms with E-state index < -0.39 is 6.10 Å². The third-order valence-electron chi connectivity index (χ3n) is 2.78. The van der Waals surface area contributed by atoms with E-state index in [1.54, 1.807) is 12.4 Å². The number of carbonyl (C=O) groups excluding carboxylic acids is 1. The van der Waals surface area contributed by atoms with Gasteiger partial charge in [0.2, 0.25) is 5.91 Å². The van der Waals surface area contributed by atoms with Crippen LogP contribution in [0, 0.1) is 0 Å². The van der Waals surface area contributed by atoms with Crippen molar-refractivity contribution in [1.82, 2.24) is 10.3 Å². The fourth-order valence-corrected chi connectivity index (χ4v) is 2.39. The number of hydrogen-bond donors (Lipinski definition) is 2. The lowest BCUT2D eigenvalue weighted by Gasteiger charge is -2.10. The Morgan fingerprint density at radius 3 is 3.05 bits per heavy atom. The van der Waals surface area contributed by atoms with Gasteiger partial charge in [0.1, 0.15) is 0 Å². The highest BCUT2D eigenvalue weighted by Crippen LogP contribution is 2.15. The molecule has 0 aromatic carbocycles. The number of aryl methyl sites for hydroxylation is 1. The van der Waals surface area contributed by atoms with Gasteiger partial charge in [0.05, 0.1) is 6.10 Å². The average molecular weight is 276 g/mol. The van der Waals surface area contributed by atoms with E-state index in [1.807, 2.05) is 29.0 Å². The first-order chi connectivity index (χ1) is 9.25. The lowest BCUT2D eigenvalue weighted by Crippen LogP contribution is -2.28. The van der Waals surface area contributed by atoms with E-state index in [-0.39, 0.29) is 12.5 Å². The van der Waals surface area contributed by atoms with Crippen molar-refractivity contribution in [3.8, 4) is 0 Å². The topological polar surface area (TPSA) is 62.2 Å². The van der Waals surface area contributed by atoms with Gasteiger partial charge >= 0.3 is 0 Å². The molecule has 0 bridgehead atoms. The van der Waals surface area contributed by atoms with Crippen molar-refractivity contribution in [1.29, 1.82) is 0 Å². The van der Waals surface area contributed by atoms with E-state index in [0.29, 0.717) is 12.8 Å². The smallest absolute Gasteiger partial charge is 0.220 e. The number of thiophene rings is 1. The molecule has 4 nitrogen and oxygen atoms in total. The first kappa shape index (κ1) is 13.7. The number of amides is 1. The first-order valence-corrected chi connectivity index (χ1v) is 7.06. The zero-order valence-electron chi connectivity index (χ0n) is 10.5. The molecular formula is C14H16N2O2S. The lowest BCUT2D eigenvalue weighted by atomic mass is 10.1. The van der Waals surface area contributed by atoms with Crippen LogP contribution in [-0.2, 0) is 11.2 Å². The Balaban J connectivity index is 1.70. The van der Waals surface area contributed by atoms with Crippen molar-refractivity contribution in [2.45, 2.75) is 18.9 Å². The van der Waals surface area contributed by atoms with Crippen LogP contribution in [0.3, 0.4) is 0 Å². The molecule has 0 aliphatic heterocycles. The van der Waals surface area contributed by atoms with Crippen LogP contribution in [0.4, 0.5) is 0 Å². The summed E-state index contributed by atoms with van der Waals surface area (Å²) in [6, 6.07) is 5.66. The lowest BCUT2D eigenvalue weighted by molar-refractivity contribution is -0.121. The molecule has 0 saturated heterocycles. The predicted octanol–water partition coefficient (Wildman–Crippen LogP) is 1.93. The van der Waals surface area contributed by atoms with Crippen LogP contribution in [0.2, 0.25) is 0 Å². The third kappa shape index (κ3) is 4.46. The first-order valence-electron chi connectivity index (χ1n) is 6.11. The summed E-state index contributed by atoms with van der Waals surface area (Å²) in [6.45, 7) is 0.253. The largest absolute Gasteiger partial charge is 0.387 e. The Morgan fingerprint density at radius 1 is 1.47 bits per heavy atom. The molecule has 2 N–H and O–H groups in total. The second-order valence-electron chi connectivity index (χ2n) is 4.24. The Morgan fingerprint density at radius 2 is 2.37 bits per heavy atom. The molecule has 100 valence electrons. The molecule has 1 unspecified atom stereocenters. The van der Waals surface area contributed by atoms with Crippen LogP contribution in [-0.4, -0.2) is 22.5 Å². The molecule has 19 heavy (non-hydrogen) atoms. The van der Waals surface area contributed by atoms with Gasteiger partial charge in [0.25, 0.3) is 0 Å². The second-order valence-corrected chi connectivity index (χ2v) is 5.02. The minimum atomic E-state index is -0.631. The molecule has 2 aromatic heterocycles. The van der Waals surface area contributed by atoms with Crippen molar-refractivity contribution in [3.05, 3.63) is 52.5 Å². The van der Waals surface area contributed by atoms with Gasteiger partial charge < -0.3 is 10.4 Å². The van der Waals surface area contributed by atoms with Gasteiger partial charge in [0, 0.05) is 25.4 Å². The maximum absolute atomic E-state index is 11.7. The van der Waals surface area contributed by atoms with Gasteiger partial charge in [-0.1, -0.05) is 6.07 Å². The number of nitrogens with one attached hydrogen (secondary N) is 1. The highest BCUT2D eigenvalue weighted by atomic mass is 32.1. The summed E-state index contributed by atoms with van der Waals surface area (Å²) >= 11 is 1.53. The monoisotopic (exact) mass is 276 g/mol. The predicted molar refractivity (Wildman–Crippen MR) is 74.8 cm³/mol. The van der Waals surface area contributed by atoms with Crippen LogP contribution in [0.5, 0.6) is 0 Å². The van der Waals surface area contributed by atoms with Crippen LogP contribution < -0.4 is 5.32 Å². The Bertz CT molecular complexity index is 499. The summed E-state index contributed by atoms with van der Waals surface area (Å²) in [5.41, 5.74) is 1.88. The van der Waals surface area contributed by atoms with E-state index in [0.717, 1.165) is 11.1 Å². The normalized spacial score (nSPS) is 12.1. The van der Waals surface area contributed by atoms with Gasteiger partial charge in [-0.2, -0.15) is 11.3 Å². The molecule has 0 fully saturated rings. The Kier molecular flexibility index (Phi) is 5.06. The number of nitrogens with zero attached hydrogens (tertiary/aromatic N) is 1. The molecule has 1 amide bonds. The summed E-state index contributed by atoms with van der Waals surface area (Å²) in [4.78, 5) is 15.7. The number of aliphatic hydroxyl groups is 1. The summed E-state index contributed by atoms with van der Waals surface area (Å²) in [6.07, 6.45) is 3.90. The van der Waals surface area contributed by atoms with Crippen LogP contribution >= 0.6 is 11.3 Å². The van der Waals surface area contributed by atoms with Crippen LogP contribution in [0.25, 0.3) is 0 Å². The summed E-state index contributed by atoms with van der Waals surface area (Å²) in [5, 5.41) is 16.3. The summed E-state index contributed by atoms with van der Waals surface area (Å²) in [7, 11) is 0. The van der Waals surface area contributed by atoms with E-state index >= 15 is 0 Å². The minimum Gasteiger partial charge on any atom is -0.387 e. The van der Waals surface area contributed by atoms with E-state index in [1.165, 1.54) is 11.3 Å². The third-order valence-corrected chi connectivity index (χ3v) is 3.49. The molecule has 0 aliphatic carbocycles. The number of rotatable bonds is 6. The standard InChI is InChI=1S/C14H16N2O2S/c17-13(12-5-7-19-10-12)9-16-14(18)4-3-11-2-1-6-15-8-11/h1-2,5-8,10,13,17H,3-4,9H2,(H,16,18). The quantitative estimate of drug-likeness (QED) is 0.847. The Hall–Kier alpha value is -1.72. The van der Waals surface area contributed by atoms with Gasteiger partial charge in [-0.3, -0.25) is 9.78 Å². The second kappa shape index (κ2) is 7.01. The van der Waals surface area contributed by atoms with Crippen LogP contribution in [0.1, 0.15) is 23.7 Å². The number of hydrogen-bond acceptors (Lipinski definition) is 4. The number of aliphatic hydroxyl groups excluding tert-OH is 1. The number of carbonyl (C=O) groups is 1. The molecule has 5 heteroatoms. The zero-order chi connectivity index (χ0) is 13.5. The number of aromatic nitrogens is 1. The van der Waals surface area contributed by atoms with Gasteiger partial charge in [-0.05, 0) is 40.4 Å². The molecule has 2 heterocycles. The zero-order valence-corrected chi connectivity index (χ0v) is 11.3. The molecule has 1 atom stereocenters. The molecule has 0 aliphatic rings. The van der Waals surface area contributed by atoms with Crippen molar-refractivity contribution < 1.29 is 9.90 Å². The van der Waals surface area contributed by atoms with Crippen molar-refractivity contribution >= 4 is 17.2 Å². The molecule has 0 radical (unpaired) electrons.